The smallest absolute Gasteiger partial charge is 0.444 e. The number of ether oxygens (including phenoxy) is 3. The molecule has 0 spiro atoms. The van der Waals surface area contributed by atoms with E-state index in [4.69, 9.17) is 14.2 Å². The average Bonchev–Trinajstić information content (AvgIpc) is 2.71. The number of nitrogens with one attached hydrogen (secondary N) is 2. The van der Waals surface area contributed by atoms with Crippen molar-refractivity contribution in [3.8, 4) is 0 Å². The first-order valence-corrected chi connectivity index (χ1v) is 7.91. The van der Waals surface area contributed by atoms with Gasteiger partial charge in [-0.15, -0.1) is 0 Å². The zero-order chi connectivity index (χ0) is 18.8. The van der Waals surface area contributed by atoms with Crippen LogP contribution in [0.25, 0.3) is 0 Å². The first-order valence-electron chi connectivity index (χ1n) is 7.91. The summed E-state index contributed by atoms with van der Waals surface area (Å²) < 4.78 is 15.7. The zero-order valence-corrected chi connectivity index (χ0v) is 15.8. The quantitative estimate of drug-likeness (QED) is 0.748. The molecule has 1 heterocycles. The maximum Gasteiger partial charge on any atom is 0.509 e. The van der Waals surface area contributed by atoms with E-state index in [2.05, 4.69) is 15.6 Å². The van der Waals surface area contributed by atoms with Crippen molar-refractivity contribution in [1.29, 1.82) is 0 Å². The summed E-state index contributed by atoms with van der Waals surface area (Å²) in [4.78, 5) is 27.8. The summed E-state index contributed by atoms with van der Waals surface area (Å²) >= 11 is 0. The molecule has 0 radical (unpaired) electrons. The lowest BCUT2D eigenvalue weighted by Gasteiger charge is -2.32. The molecule has 0 bridgehead atoms. The number of hydrogen-bond acceptors (Lipinski definition) is 7. The van der Waals surface area contributed by atoms with E-state index < -0.39 is 29.1 Å². The second-order valence-electron chi connectivity index (χ2n) is 8.18. The molecule has 1 unspecified atom stereocenters. The monoisotopic (exact) mass is 343 g/mol. The van der Waals surface area contributed by atoms with Crippen molar-refractivity contribution in [3.05, 3.63) is 0 Å². The molecule has 1 aliphatic rings. The molecule has 0 aromatic heterocycles. The molecule has 1 atom stereocenters. The molecular formula is C16H29N3O5. The lowest BCUT2D eigenvalue weighted by molar-refractivity contribution is -0.0616. The van der Waals surface area contributed by atoms with E-state index in [0.29, 0.717) is 6.54 Å². The SMILES string of the molecule is CC(C)(C)OC(=O)NC1=NCC(C(C)(C)OC(=O)OC(C)(C)C)N1. The third-order valence-electron chi connectivity index (χ3n) is 2.94. The molecule has 138 valence electrons. The van der Waals surface area contributed by atoms with Crippen molar-refractivity contribution in [2.45, 2.75) is 78.2 Å². The number of rotatable bonds is 2. The molecule has 0 aliphatic carbocycles. The van der Waals surface area contributed by atoms with Crippen LogP contribution in [0.4, 0.5) is 9.59 Å². The highest BCUT2D eigenvalue weighted by Gasteiger charge is 2.38. The summed E-state index contributed by atoms with van der Waals surface area (Å²) in [7, 11) is 0. The van der Waals surface area contributed by atoms with Gasteiger partial charge in [0.05, 0.1) is 12.6 Å². The normalized spacial score (nSPS) is 18.3. The van der Waals surface area contributed by atoms with E-state index in [1.807, 2.05) is 0 Å². The van der Waals surface area contributed by atoms with Crippen molar-refractivity contribution in [3.63, 3.8) is 0 Å². The maximum atomic E-state index is 11.8. The lowest BCUT2D eigenvalue weighted by atomic mass is 9.99. The van der Waals surface area contributed by atoms with Crippen LogP contribution >= 0.6 is 0 Å². The van der Waals surface area contributed by atoms with Crippen LogP contribution in [0.1, 0.15) is 55.4 Å². The second kappa shape index (κ2) is 6.86. The third kappa shape index (κ3) is 7.06. The molecule has 1 aliphatic heterocycles. The number of amides is 1. The largest absolute Gasteiger partial charge is 0.509 e. The highest BCUT2D eigenvalue weighted by Crippen LogP contribution is 2.20. The molecule has 1 rings (SSSR count). The van der Waals surface area contributed by atoms with Gasteiger partial charge in [-0.25, -0.2) is 9.59 Å². The Morgan fingerprint density at radius 1 is 1.00 bits per heavy atom. The van der Waals surface area contributed by atoms with Crippen LogP contribution < -0.4 is 10.6 Å². The Morgan fingerprint density at radius 2 is 1.54 bits per heavy atom. The van der Waals surface area contributed by atoms with Gasteiger partial charge in [0.2, 0.25) is 5.96 Å². The standard InChI is InChI=1S/C16H29N3O5/c1-14(2,3)22-12(20)19-11-17-9-10(18-11)16(7,8)24-13(21)23-15(4,5)6/h10H,9H2,1-8H3,(H2,17,18,19,20). The van der Waals surface area contributed by atoms with Gasteiger partial charge in [-0.2, -0.15) is 0 Å². The van der Waals surface area contributed by atoms with Gasteiger partial charge in [-0.05, 0) is 55.4 Å². The number of carbonyl (C=O) groups is 2. The fourth-order valence-electron chi connectivity index (χ4n) is 1.87. The van der Waals surface area contributed by atoms with Crippen LogP contribution in [-0.2, 0) is 14.2 Å². The van der Waals surface area contributed by atoms with Crippen LogP contribution in [-0.4, -0.2) is 47.6 Å². The molecule has 0 aromatic rings. The lowest BCUT2D eigenvalue weighted by Crippen LogP contribution is -2.53. The minimum Gasteiger partial charge on any atom is -0.444 e. The molecule has 0 fully saturated rings. The van der Waals surface area contributed by atoms with E-state index in [-0.39, 0.29) is 12.0 Å². The van der Waals surface area contributed by atoms with Crippen LogP contribution in [0, 0.1) is 0 Å². The second-order valence-corrected chi connectivity index (χ2v) is 8.18. The Bertz CT molecular complexity index is 515. The molecule has 0 saturated heterocycles. The Labute approximate surface area is 143 Å². The van der Waals surface area contributed by atoms with Gasteiger partial charge in [-0.1, -0.05) is 0 Å². The number of aliphatic imine (C=N–C) groups is 1. The number of nitrogens with zero attached hydrogens (tertiary/aromatic N) is 1. The molecular weight excluding hydrogens is 314 g/mol. The van der Waals surface area contributed by atoms with Crippen molar-refractivity contribution in [2.75, 3.05) is 6.54 Å². The summed E-state index contributed by atoms with van der Waals surface area (Å²) in [5, 5.41) is 5.56. The molecule has 8 heteroatoms. The number of carbonyl (C=O) groups excluding carboxylic acids is 2. The van der Waals surface area contributed by atoms with Crippen molar-refractivity contribution in [1.82, 2.24) is 10.6 Å². The number of guanidine groups is 1. The van der Waals surface area contributed by atoms with Gasteiger partial charge in [0.1, 0.15) is 16.8 Å². The minimum atomic E-state index is -0.872. The van der Waals surface area contributed by atoms with Crippen molar-refractivity contribution < 1.29 is 23.8 Å². The van der Waals surface area contributed by atoms with Gasteiger partial charge < -0.3 is 19.5 Å². The van der Waals surface area contributed by atoms with E-state index in [9.17, 15) is 9.59 Å². The van der Waals surface area contributed by atoms with E-state index in [0.717, 1.165) is 0 Å². The van der Waals surface area contributed by atoms with E-state index in [1.165, 1.54) is 0 Å². The predicted octanol–water partition coefficient (Wildman–Crippen LogP) is 2.57. The molecule has 0 saturated carbocycles. The van der Waals surface area contributed by atoms with Gasteiger partial charge in [0, 0.05) is 0 Å². The van der Waals surface area contributed by atoms with Crippen LogP contribution in [0.3, 0.4) is 0 Å². The summed E-state index contributed by atoms with van der Waals surface area (Å²) in [6.07, 6.45) is -1.34. The highest BCUT2D eigenvalue weighted by molar-refractivity contribution is 5.95. The van der Waals surface area contributed by atoms with E-state index in [1.54, 1.807) is 55.4 Å². The van der Waals surface area contributed by atoms with Gasteiger partial charge in [0.15, 0.2) is 0 Å². The Balaban J connectivity index is 2.53. The topological polar surface area (TPSA) is 98.3 Å². The molecule has 0 aromatic carbocycles. The third-order valence-corrected chi connectivity index (χ3v) is 2.94. The summed E-state index contributed by atoms with van der Waals surface area (Å²) in [5.41, 5.74) is -2.10. The van der Waals surface area contributed by atoms with E-state index >= 15 is 0 Å². The maximum absolute atomic E-state index is 11.8. The first-order chi connectivity index (χ1) is 10.7. The summed E-state index contributed by atoms with van der Waals surface area (Å²) in [5.74, 6) is 0.287. The van der Waals surface area contributed by atoms with Gasteiger partial charge in [-0.3, -0.25) is 10.3 Å². The Hall–Kier alpha value is -1.99. The molecule has 8 nitrogen and oxygen atoms in total. The summed E-state index contributed by atoms with van der Waals surface area (Å²) in [6.45, 7) is 14.5. The molecule has 24 heavy (non-hydrogen) atoms. The average molecular weight is 343 g/mol. The van der Waals surface area contributed by atoms with Crippen molar-refractivity contribution in [2.24, 2.45) is 4.99 Å². The Morgan fingerprint density at radius 3 is 2.04 bits per heavy atom. The van der Waals surface area contributed by atoms with Gasteiger partial charge in [0.25, 0.3) is 0 Å². The Kier molecular flexibility index (Phi) is 5.74. The molecule has 2 N–H and O–H groups in total. The first kappa shape index (κ1) is 20.1. The van der Waals surface area contributed by atoms with Crippen molar-refractivity contribution >= 4 is 18.2 Å². The number of hydrogen-bond donors (Lipinski definition) is 2. The fourth-order valence-corrected chi connectivity index (χ4v) is 1.87. The minimum absolute atomic E-state index is 0.287. The predicted molar refractivity (Wildman–Crippen MR) is 90.0 cm³/mol. The highest BCUT2D eigenvalue weighted by atomic mass is 16.7. The van der Waals surface area contributed by atoms with Crippen LogP contribution in [0.2, 0.25) is 0 Å². The summed E-state index contributed by atoms with van der Waals surface area (Å²) in [6, 6.07) is -0.296. The number of alkyl carbamates (subject to hydrolysis) is 1. The zero-order valence-electron chi connectivity index (χ0n) is 15.8. The molecule has 1 amide bonds. The van der Waals surface area contributed by atoms with Crippen LogP contribution in [0.15, 0.2) is 4.99 Å². The fraction of sp³-hybridized carbons (Fsp3) is 0.812. The van der Waals surface area contributed by atoms with Crippen LogP contribution in [0.5, 0.6) is 0 Å². The van der Waals surface area contributed by atoms with Gasteiger partial charge >= 0.3 is 12.2 Å².